The zero-order chi connectivity index (χ0) is 98.8. The van der Waals surface area contributed by atoms with Gasteiger partial charge in [-0.2, -0.15) is 9.78 Å². The molecule has 9 unspecified atom stereocenters. The Labute approximate surface area is 727 Å². The molecule has 0 radical (unpaired) electrons. The predicted octanol–water partition coefficient (Wildman–Crippen LogP) is 11.8. The molecule has 4 N–H and O–H groups in total. The zero-order valence-corrected chi connectivity index (χ0v) is 79.9. The summed E-state index contributed by atoms with van der Waals surface area (Å²) in [6.45, 7) is 52.6. The van der Waals surface area contributed by atoms with Gasteiger partial charge in [0.05, 0.1) is 122 Å². The van der Waals surface area contributed by atoms with Crippen LogP contribution < -0.4 is 0 Å². The van der Waals surface area contributed by atoms with E-state index in [1.165, 1.54) is 56.1 Å². The van der Waals surface area contributed by atoms with Gasteiger partial charge in [-0.3, -0.25) is 48.1 Å². The van der Waals surface area contributed by atoms with E-state index in [1.54, 1.807) is 62.3 Å². The van der Waals surface area contributed by atoms with E-state index in [2.05, 4.69) is 67.4 Å². The standard InChI is InChI=1S/C11H20O5.C10H18O5.C10H20O4.C9H18O4.2C8H14O4.2C7H12O4.C7H14O3.C6H12O3/c1-5-11(2,3)16-9(13)6-8(7-12)10(14)15-4;1-4-7(2)15-9(12)5-8(6-11)10(13)14-3;1-5-10(2,3)14-7-8(6-11)9(12)13-4;1-4-7(2)13-6-8(5-10)9(11)12-3;1-5-8(3,4)12-7(10)11-6(2)9;1-5-8(3,4)7(10)12-11-6(2)9;1-4-5(2)10-7(9)11-6(3)8;1-4-5(2)7(9)11-10-6(3)8;1-5-7(3,4)10-9-6(2)8;1-4-5(2)8-9-6(3)7/h8,12H,5-7H2,1-4H3;7-8,11H,4-6H2,1-3H3;8,11H,5-7H2,1-4H3;7-8,10H,4-6H2,1-3H3;2*5H2,1-4H3;2*5H,4H2,1-3H3;5H2,1-4H3;5H,4H2,1-3H3. The zero-order valence-electron chi connectivity index (χ0n) is 79.9. The van der Waals surface area contributed by atoms with Crippen LogP contribution >= 0.6 is 0 Å². The lowest BCUT2D eigenvalue weighted by Crippen LogP contribution is -2.31. The molecule has 9 atom stereocenters. The van der Waals surface area contributed by atoms with Crippen molar-refractivity contribution in [3.8, 4) is 0 Å². The van der Waals surface area contributed by atoms with Crippen molar-refractivity contribution in [1.29, 1.82) is 0 Å². The summed E-state index contributed by atoms with van der Waals surface area (Å²) in [7, 11) is 5.03. The lowest BCUT2D eigenvalue weighted by molar-refractivity contribution is -0.323. The highest BCUT2D eigenvalue weighted by atomic mass is 17.2. The number of hydrogen-bond donors (Lipinski definition) is 4. The summed E-state index contributed by atoms with van der Waals surface area (Å²) in [6, 6.07) is 0. The van der Waals surface area contributed by atoms with Gasteiger partial charge in [0, 0.05) is 41.5 Å². The smallest absolute Gasteiger partial charge is 0.469 e. The number of carbonyl (C=O) groups is 16. The molecule has 0 aliphatic carbocycles. The van der Waals surface area contributed by atoms with Gasteiger partial charge < -0.3 is 77.3 Å². The maximum Gasteiger partial charge on any atom is 0.516 e. The third-order valence-electron chi connectivity index (χ3n) is 16.3. The first-order valence-corrected chi connectivity index (χ1v) is 40.3. The van der Waals surface area contributed by atoms with Crippen molar-refractivity contribution in [3.05, 3.63) is 0 Å². The van der Waals surface area contributed by atoms with Gasteiger partial charge in [0.15, 0.2) is 0 Å². The number of rotatable bonds is 38. The number of hydrogen-bond acceptors (Lipinski definition) is 40. The molecule has 0 saturated heterocycles. The van der Waals surface area contributed by atoms with Gasteiger partial charge >= 0.3 is 95.9 Å². The second-order valence-corrected chi connectivity index (χ2v) is 29.7. The number of aliphatic hydroxyl groups is 4. The van der Waals surface area contributed by atoms with Crippen LogP contribution in [0.5, 0.6) is 0 Å². The number of aliphatic hydroxyl groups excluding tert-OH is 4. The maximum absolute atomic E-state index is 11.5. The molecule has 0 aliphatic rings. The van der Waals surface area contributed by atoms with Crippen LogP contribution in [0.25, 0.3) is 0 Å². The molecule has 40 nitrogen and oxygen atoms in total. The normalized spacial score (nSPS) is 12.6. The van der Waals surface area contributed by atoms with E-state index in [-0.39, 0.29) is 80.8 Å². The van der Waals surface area contributed by atoms with Crippen molar-refractivity contribution < 1.29 is 193 Å². The van der Waals surface area contributed by atoms with Crippen LogP contribution in [-0.4, -0.2) is 231 Å². The Balaban J connectivity index is -0.000000145. The third kappa shape index (κ3) is 90.7. The fraction of sp³-hybridized carbons (Fsp3) is 0.807. The minimum absolute atomic E-state index is 0.00565. The Kier molecular flexibility index (Phi) is 86.7. The maximum atomic E-state index is 11.5. The molecular formula is C83H154O40. The predicted molar refractivity (Wildman–Crippen MR) is 442 cm³/mol. The first kappa shape index (κ1) is 135. The topological polar surface area (TPSA) is 539 Å². The van der Waals surface area contributed by atoms with Gasteiger partial charge in [0.1, 0.15) is 40.8 Å². The largest absolute Gasteiger partial charge is 0.516 e. The van der Waals surface area contributed by atoms with Crippen LogP contribution in [-0.2, 0) is 163 Å². The Bertz CT molecular complexity index is 2920. The van der Waals surface area contributed by atoms with Crippen molar-refractivity contribution in [3.63, 3.8) is 0 Å². The van der Waals surface area contributed by atoms with Crippen LogP contribution in [0.2, 0.25) is 0 Å². The Hall–Kier alpha value is -8.80. The summed E-state index contributed by atoms with van der Waals surface area (Å²) in [5.41, 5.74) is -2.36. The summed E-state index contributed by atoms with van der Waals surface area (Å²) in [5, 5.41) is 35.5. The second-order valence-electron chi connectivity index (χ2n) is 29.7. The van der Waals surface area contributed by atoms with Gasteiger partial charge in [-0.25, -0.2) is 57.9 Å². The van der Waals surface area contributed by atoms with E-state index in [4.69, 9.17) is 49.0 Å². The molecule has 0 amide bonds. The van der Waals surface area contributed by atoms with E-state index in [9.17, 15) is 76.7 Å². The number of ether oxygens (including phenoxy) is 12. The second kappa shape index (κ2) is 79.1. The molecule has 726 valence electrons. The van der Waals surface area contributed by atoms with Crippen molar-refractivity contribution >= 4 is 95.9 Å². The van der Waals surface area contributed by atoms with Crippen LogP contribution in [0.3, 0.4) is 0 Å². The number of carbonyl (C=O) groups excluding carboxylic acids is 16. The van der Waals surface area contributed by atoms with Crippen LogP contribution in [0.1, 0.15) is 292 Å². The molecule has 0 heterocycles. The van der Waals surface area contributed by atoms with E-state index in [0.29, 0.717) is 38.5 Å². The van der Waals surface area contributed by atoms with E-state index in [0.717, 1.165) is 39.5 Å². The van der Waals surface area contributed by atoms with Gasteiger partial charge in [0.2, 0.25) is 0 Å². The summed E-state index contributed by atoms with van der Waals surface area (Å²) >= 11 is 0. The molecule has 40 heteroatoms. The minimum Gasteiger partial charge on any atom is -0.469 e. The summed E-state index contributed by atoms with van der Waals surface area (Å²) in [6.07, 6.45) is 5.01. The minimum atomic E-state index is -0.936. The SMILES string of the molecule is CCC(C)(C)C(=O)OOC(C)=O.CCC(C)(C)OC(=O)CC(CO)C(=O)OC.CCC(C)(C)OC(=O)OC(C)=O.CCC(C)(C)OCC(CO)C(=O)OC.CCC(C)(C)OOC(C)=O.CCC(C)C(=O)OOC(C)=O.CCC(C)OC(=O)CC(CO)C(=O)OC.CCC(C)OC(=O)OC(C)=O.CCC(C)OCC(CO)C(=O)OC.CCC(C)OOC(C)=O. The van der Waals surface area contributed by atoms with Gasteiger partial charge in [-0.1, -0.05) is 76.2 Å². The molecule has 0 rings (SSSR count). The third-order valence-corrected chi connectivity index (χ3v) is 16.3. The lowest BCUT2D eigenvalue weighted by Gasteiger charge is -2.25. The molecule has 0 fully saturated rings. The molecule has 0 aromatic rings. The number of esters is 8. The Morgan fingerprint density at radius 2 is 0.659 bits per heavy atom. The number of methoxy groups -OCH3 is 4. The Morgan fingerprint density at radius 1 is 0.317 bits per heavy atom. The molecule has 0 spiro atoms. The van der Waals surface area contributed by atoms with Crippen LogP contribution in [0.15, 0.2) is 0 Å². The molecular weight excluding hydrogens is 1640 g/mol. The van der Waals surface area contributed by atoms with E-state index in [1.807, 2.05) is 111 Å². The average molecular weight is 1790 g/mol. The van der Waals surface area contributed by atoms with Crippen molar-refractivity contribution in [2.24, 2.45) is 35.0 Å². The monoisotopic (exact) mass is 1790 g/mol. The summed E-state index contributed by atoms with van der Waals surface area (Å²) in [5.74, 6) is -10.5. The highest BCUT2D eigenvalue weighted by molar-refractivity contribution is 5.82. The van der Waals surface area contributed by atoms with E-state index < -0.39 is 149 Å². The van der Waals surface area contributed by atoms with Gasteiger partial charge in [-0.05, 0) is 161 Å². The molecule has 0 aromatic heterocycles. The van der Waals surface area contributed by atoms with Gasteiger partial charge in [0.25, 0.3) is 0 Å². The van der Waals surface area contributed by atoms with Crippen molar-refractivity contribution in [2.75, 3.05) is 68.1 Å². The molecule has 0 aliphatic heterocycles. The lowest BCUT2D eigenvalue weighted by atomic mass is 9.91. The van der Waals surface area contributed by atoms with E-state index >= 15 is 0 Å². The first-order valence-electron chi connectivity index (χ1n) is 40.3. The van der Waals surface area contributed by atoms with Crippen LogP contribution in [0.4, 0.5) is 9.59 Å². The van der Waals surface area contributed by atoms with Crippen LogP contribution in [0, 0.1) is 35.0 Å². The molecule has 123 heavy (non-hydrogen) atoms. The Morgan fingerprint density at radius 3 is 0.992 bits per heavy atom. The summed E-state index contributed by atoms with van der Waals surface area (Å²) in [4.78, 5) is 206. The molecule has 0 bridgehead atoms. The quantitative estimate of drug-likeness (QED) is 0.0147. The van der Waals surface area contributed by atoms with Crippen molar-refractivity contribution in [1.82, 2.24) is 0 Å². The highest BCUT2D eigenvalue weighted by Gasteiger charge is 2.31. The fourth-order valence-electron chi connectivity index (χ4n) is 5.48. The first-order chi connectivity index (χ1) is 56.6. The molecule has 0 aromatic carbocycles. The fourth-order valence-corrected chi connectivity index (χ4v) is 5.48. The molecule has 0 saturated carbocycles. The van der Waals surface area contributed by atoms with Crippen molar-refractivity contribution in [2.45, 2.75) is 339 Å². The highest BCUT2D eigenvalue weighted by Crippen LogP contribution is 2.22. The summed E-state index contributed by atoms with van der Waals surface area (Å²) < 4.78 is 56.6. The average Bonchev–Trinajstić information content (AvgIpc) is 0.925. The van der Waals surface area contributed by atoms with Gasteiger partial charge in [-0.15, -0.1) is 0 Å².